The van der Waals surface area contributed by atoms with Crippen molar-refractivity contribution in [2.45, 2.75) is 25.4 Å². The minimum Gasteiger partial charge on any atom is -0.377 e. The van der Waals surface area contributed by atoms with Crippen molar-refractivity contribution in [1.29, 1.82) is 0 Å². The van der Waals surface area contributed by atoms with Gasteiger partial charge in [0.15, 0.2) is 5.82 Å². The number of hydrogen-bond acceptors (Lipinski definition) is 6. The summed E-state index contributed by atoms with van der Waals surface area (Å²) in [5.41, 5.74) is 1.00. The first-order chi connectivity index (χ1) is 14.2. The molecule has 3 aromatic heterocycles. The predicted octanol–water partition coefficient (Wildman–Crippen LogP) is 5.07. The molecule has 0 spiro atoms. The monoisotopic (exact) mass is 423 g/mol. The average molecular weight is 424 g/mol. The van der Waals surface area contributed by atoms with E-state index in [2.05, 4.69) is 40.3 Å². The fraction of sp³-hybridized carbons (Fsp3) is 0.318. The molecule has 0 N–H and O–H groups in total. The molecule has 0 saturated carbocycles. The lowest BCUT2D eigenvalue weighted by Crippen LogP contribution is -2.39. The Labute approximate surface area is 177 Å². The number of carbonyl (C=O) groups is 1. The second-order valence-corrected chi connectivity index (χ2v) is 9.46. The zero-order valence-electron chi connectivity index (χ0n) is 16.1. The van der Waals surface area contributed by atoms with Gasteiger partial charge in [-0.25, -0.2) is 9.97 Å². The number of methoxy groups -OCH3 is 1. The van der Waals surface area contributed by atoms with E-state index in [0.717, 1.165) is 30.0 Å². The molecule has 1 atom stereocenters. The third kappa shape index (κ3) is 3.54. The van der Waals surface area contributed by atoms with Crippen molar-refractivity contribution in [3.05, 3.63) is 59.0 Å². The smallest absolute Gasteiger partial charge is 0.264 e. The van der Waals surface area contributed by atoms with Crippen LogP contribution in [0.1, 0.15) is 39.9 Å². The summed E-state index contributed by atoms with van der Waals surface area (Å²) in [5, 5.41) is 1.25. The molecule has 4 aromatic rings. The van der Waals surface area contributed by atoms with Gasteiger partial charge in [-0.2, -0.15) is 0 Å². The summed E-state index contributed by atoms with van der Waals surface area (Å²) >= 11 is 3.38. The normalized spacial score (nSPS) is 17.3. The Morgan fingerprint density at radius 3 is 3.03 bits per heavy atom. The summed E-state index contributed by atoms with van der Waals surface area (Å²) in [6.45, 7) is 1.91. The molecule has 7 heteroatoms. The van der Waals surface area contributed by atoms with Crippen LogP contribution in [0.15, 0.2) is 42.6 Å². The third-order valence-corrected chi connectivity index (χ3v) is 7.79. The van der Waals surface area contributed by atoms with Crippen molar-refractivity contribution in [2.75, 3.05) is 20.2 Å². The lowest BCUT2D eigenvalue weighted by atomic mass is 9.94. The number of rotatable bonds is 4. The van der Waals surface area contributed by atoms with Gasteiger partial charge in [-0.3, -0.25) is 4.79 Å². The van der Waals surface area contributed by atoms with Crippen molar-refractivity contribution < 1.29 is 9.53 Å². The van der Waals surface area contributed by atoms with Gasteiger partial charge in [0.1, 0.15) is 6.61 Å². The number of carbonyl (C=O) groups excluding carboxylic acids is 1. The molecule has 1 aliphatic heterocycles. The van der Waals surface area contributed by atoms with Crippen molar-refractivity contribution in [3.8, 4) is 0 Å². The maximum absolute atomic E-state index is 13.2. The van der Waals surface area contributed by atoms with Gasteiger partial charge >= 0.3 is 0 Å². The van der Waals surface area contributed by atoms with E-state index in [4.69, 9.17) is 4.74 Å². The maximum Gasteiger partial charge on any atom is 0.264 e. The molecule has 1 fully saturated rings. The molecule has 0 aliphatic carbocycles. The van der Waals surface area contributed by atoms with Crippen LogP contribution >= 0.6 is 22.7 Å². The number of aromatic nitrogens is 2. The molecule has 4 heterocycles. The van der Waals surface area contributed by atoms with E-state index in [1.54, 1.807) is 36.0 Å². The van der Waals surface area contributed by atoms with Gasteiger partial charge in [0.25, 0.3) is 5.91 Å². The highest BCUT2D eigenvalue weighted by Gasteiger charge is 2.28. The Morgan fingerprint density at radius 1 is 1.24 bits per heavy atom. The molecule has 1 saturated heterocycles. The van der Waals surface area contributed by atoms with Crippen LogP contribution in [0.2, 0.25) is 0 Å². The minimum atomic E-state index is 0.137. The van der Waals surface area contributed by atoms with E-state index in [1.165, 1.54) is 19.5 Å². The van der Waals surface area contributed by atoms with Crippen molar-refractivity contribution in [2.24, 2.45) is 0 Å². The molecule has 1 amide bonds. The van der Waals surface area contributed by atoms with Crippen molar-refractivity contribution >= 4 is 48.1 Å². The quantitative estimate of drug-likeness (QED) is 0.460. The number of fused-ring (bicyclic) bond motifs is 3. The molecule has 0 bridgehead atoms. The number of piperidine rings is 1. The molecule has 29 heavy (non-hydrogen) atoms. The van der Waals surface area contributed by atoms with E-state index in [9.17, 15) is 4.79 Å². The first-order valence-corrected chi connectivity index (χ1v) is 11.4. The largest absolute Gasteiger partial charge is 0.377 e. The van der Waals surface area contributed by atoms with Crippen LogP contribution in [-0.4, -0.2) is 41.0 Å². The van der Waals surface area contributed by atoms with Gasteiger partial charge in [-0.1, -0.05) is 18.2 Å². The molecule has 1 aliphatic rings. The Bertz CT molecular complexity index is 1180. The Hall–Kier alpha value is -2.35. The van der Waals surface area contributed by atoms with Crippen LogP contribution in [0.3, 0.4) is 0 Å². The third-order valence-electron chi connectivity index (χ3n) is 5.39. The fourth-order valence-corrected chi connectivity index (χ4v) is 6.50. The van der Waals surface area contributed by atoms with Gasteiger partial charge in [-0.05, 0) is 31.0 Å². The number of ether oxygens (including phenoxy) is 1. The average Bonchev–Trinajstić information content (AvgIpc) is 3.32. The molecule has 5 rings (SSSR count). The summed E-state index contributed by atoms with van der Waals surface area (Å²) in [4.78, 5) is 25.0. The SMILES string of the molecule is COCc1nccc(C2CCCN(C(=O)c3cc4sc5ccccc5c4s3)C2)n1. The van der Waals surface area contributed by atoms with E-state index in [-0.39, 0.29) is 11.8 Å². The number of hydrogen-bond donors (Lipinski definition) is 0. The Morgan fingerprint density at radius 2 is 2.14 bits per heavy atom. The number of amides is 1. The summed E-state index contributed by atoms with van der Waals surface area (Å²) in [5.74, 6) is 1.07. The highest BCUT2D eigenvalue weighted by atomic mass is 32.1. The lowest BCUT2D eigenvalue weighted by Gasteiger charge is -2.32. The minimum absolute atomic E-state index is 0.137. The van der Waals surface area contributed by atoms with Crippen LogP contribution in [0.25, 0.3) is 19.5 Å². The Kier molecular flexibility index (Phi) is 5.03. The lowest BCUT2D eigenvalue weighted by molar-refractivity contribution is 0.0710. The van der Waals surface area contributed by atoms with E-state index >= 15 is 0 Å². The van der Waals surface area contributed by atoms with Crippen LogP contribution in [0.5, 0.6) is 0 Å². The number of benzene rings is 1. The number of likely N-dealkylation sites (tertiary alicyclic amines) is 1. The Balaban J connectivity index is 1.38. The van der Waals surface area contributed by atoms with Crippen molar-refractivity contribution in [1.82, 2.24) is 14.9 Å². The zero-order chi connectivity index (χ0) is 19.8. The molecule has 5 nitrogen and oxygen atoms in total. The number of thiophene rings is 2. The van der Waals surface area contributed by atoms with Gasteiger partial charge in [-0.15, -0.1) is 22.7 Å². The standard InChI is InChI=1S/C22H21N3O2S2/c1-27-13-20-23-9-8-16(24-20)14-5-4-10-25(12-14)22(26)19-11-18-21(29-19)15-6-2-3-7-17(15)28-18/h2-3,6-9,11,14H,4-5,10,12-13H2,1H3. The second-order valence-electron chi connectivity index (χ2n) is 7.32. The van der Waals surface area contributed by atoms with Gasteiger partial charge in [0.2, 0.25) is 0 Å². The number of nitrogens with zero attached hydrogens (tertiary/aromatic N) is 3. The summed E-state index contributed by atoms with van der Waals surface area (Å²) < 4.78 is 8.86. The summed E-state index contributed by atoms with van der Waals surface area (Å²) in [6, 6.07) is 12.4. The van der Waals surface area contributed by atoms with Crippen LogP contribution in [0, 0.1) is 0 Å². The fourth-order valence-electron chi connectivity index (χ4n) is 4.00. The first-order valence-electron chi connectivity index (χ1n) is 9.74. The van der Waals surface area contributed by atoms with Crippen LogP contribution in [-0.2, 0) is 11.3 Å². The summed E-state index contributed by atoms with van der Waals surface area (Å²) in [6.07, 6.45) is 3.82. The van der Waals surface area contributed by atoms with Crippen molar-refractivity contribution in [3.63, 3.8) is 0 Å². The predicted molar refractivity (Wildman–Crippen MR) is 118 cm³/mol. The van der Waals surface area contributed by atoms with E-state index < -0.39 is 0 Å². The van der Waals surface area contributed by atoms with Gasteiger partial charge < -0.3 is 9.64 Å². The zero-order valence-corrected chi connectivity index (χ0v) is 17.8. The van der Waals surface area contributed by atoms with Gasteiger partial charge in [0, 0.05) is 52.8 Å². The molecule has 0 radical (unpaired) electrons. The first kappa shape index (κ1) is 18.7. The highest BCUT2D eigenvalue weighted by molar-refractivity contribution is 7.33. The second kappa shape index (κ2) is 7.82. The topological polar surface area (TPSA) is 55.3 Å². The van der Waals surface area contributed by atoms with E-state index in [1.807, 2.05) is 11.0 Å². The maximum atomic E-state index is 13.2. The molecule has 148 valence electrons. The molecular weight excluding hydrogens is 402 g/mol. The van der Waals surface area contributed by atoms with Crippen LogP contribution in [0.4, 0.5) is 0 Å². The highest BCUT2D eigenvalue weighted by Crippen LogP contribution is 2.40. The molecule has 1 aromatic carbocycles. The van der Waals surface area contributed by atoms with E-state index in [0.29, 0.717) is 19.0 Å². The van der Waals surface area contributed by atoms with Crippen LogP contribution < -0.4 is 0 Å². The van der Waals surface area contributed by atoms with Gasteiger partial charge in [0.05, 0.1) is 9.58 Å². The molecular formula is C22H21N3O2S2. The summed E-state index contributed by atoms with van der Waals surface area (Å²) in [7, 11) is 1.64. The molecule has 1 unspecified atom stereocenters.